The van der Waals surface area contributed by atoms with Crippen LogP contribution in [0, 0.1) is 0 Å². The first kappa shape index (κ1) is 11.0. The molecule has 1 heterocycles. The molecule has 1 aromatic rings. The van der Waals surface area contributed by atoms with E-state index in [0.29, 0.717) is 10.9 Å². The molecule has 0 radical (unpaired) electrons. The van der Waals surface area contributed by atoms with Gasteiger partial charge in [0.2, 0.25) is 0 Å². The van der Waals surface area contributed by atoms with Gasteiger partial charge in [0.1, 0.15) is 16.6 Å². The SMILES string of the molecule is CS(=O)(=O)OCc1nnc(C2CCC2)s1. The molecular formula is C8H12N2O3S2. The van der Waals surface area contributed by atoms with Gasteiger partial charge >= 0.3 is 0 Å². The Hall–Kier alpha value is -0.530. The van der Waals surface area contributed by atoms with Gasteiger partial charge in [0.25, 0.3) is 10.1 Å². The Morgan fingerprint density at radius 1 is 1.47 bits per heavy atom. The van der Waals surface area contributed by atoms with E-state index < -0.39 is 10.1 Å². The zero-order valence-corrected chi connectivity index (χ0v) is 9.97. The maximum atomic E-state index is 10.7. The molecule has 1 aliphatic carbocycles. The van der Waals surface area contributed by atoms with Gasteiger partial charge in [0.05, 0.1) is 6.26 Å². The lowest BCUT2D eigenvalue weighted by Gasteiger charge is -2.21. The Morgan fingerprint density at radius 2 is 2.20 bits per heavy atom. The normalized spacial score (nSPS) is 17.7. The molecule has 0 saturated heterocycles. The Kier molecular flexibility index (Phi) is 3.03. The Morgan fingerprint density at radius 3 is 2.73 bits per heavy atom. The van der Waals surface area contributed by atoms with Crippen LogP contribution in [0.25, 0.3) is 0 Å². The van der Waals surface area contributed by atoms with E-state index in [1.165, 1.54) is 30.6 Å². The maximum absolute atomic E-state index is 10.7. The monoisotopic (exact) mass is 248 g/mol. The topological polar surface area (TPSA) is 69.2 Å². The lowest BCUT2D eigenvalue weighted by molar-refractivity contribution is 0.310. The van der Waals surface area contributed by atoms with E-state index in [1.807, 2.05) is 0 Å². The van der Waals surface area contributed by atoms with Crippen LogP contribution in [0.4, 0.5) is 0 Å². The van der Waals surface area contributed by atoms with Gasteiger partial charge in [-0.1, -0.05) is 17.8 Å². The van der Waals surface area contributed by atoms with Crippen molar-refractivity contribution in [3.05, 3.63) is 10.0 Å². The van der Waals surface area contributed by atoms with Gasteiger partial charge in [-0.3, -0.25) is 4.18 Å². The molecule has 0 bridgehead atoms. The van der Waals surface area contributed by atoms with E-state index >= 15 is 0 Å². The van der Waals surface area contributed by atoms with E-state index in [1.54, 1.807) is 0 Å². The van der Waals surface area contributed by atoms with Crippen LogP contribution in [0.15, 0.2) is 0 Å². The van der Waals surface area contributed by atoms with E-state index in [0.717, 1.165) is 11.3 Å². The van der Waals surface area contributed by atoms with Crippen molar-refractivity contribution in [2.75, 3.05) is 6.26 Å². The van der Waals surface area contributed by atoms with Crippen LogP contribution in [0.5, 0.6) is 0 Å². The fourth-order valence-electron chi connectivity index (χ4n) is 1.30. The van der Waals surface area contributed by atoms with E-state index in [4.69, 9.17) is 0 Å². The van der Waals surface area contributed by atoms with Gasteiger partial charge in [0, 0.05) is 5.92 Å². The fourth-order valence-corrected chi connectivity index (χ4v) is 2.63. The Bertz CT molecular complexity index is 436. The number of nitrogens with zero attached hydrogens (tertiary/aromatic N) is 2. The minimum absolute atomic E-state index is 0.00319. The molecule has 1 fully saturated rings. The molecule has 0 unspecified atom stereocenters. The molecule has 84 valence electrons. The van der Waals surface area contributed by atoms with E-state index in [-0.39, 0.29) is 6.61 Å². The predicted octanol–water partition coefficient (Wildman–Crippen LogP) is 1.28. The second kappa shape index (κ2) is 4.15. The summed E-state index contributed by atoms with van der Waals surface area (Å²) in [7, 11) is -3.39. The van der Waals surface area contributed by atoms with E-state index in [9.17, 15) is 8.42 Å². The smallest absolute Gasteiger partial charge is 0.263 e. The summed E-state index contributed by atoms with van der Waals surface area (Å²) in [5.74, 6) is 0.537. The molecule has 0 spiro atoms. The predicted molar refractivity (Wildman–Crippen MR) is 56.1 cm³/mol. The summed E-state index contributed by atoms with van der Waals surface area (Å²) in [5, 5.41) is 9.57. The van der Waals surface area contributed by atoms with Crippen LogP contribution in [0.2, 0.25) is 0 Å². The minimum atomic E-state index is -3.39. The van der Waals surface area contributed by atoms with Gasteiger partial charge in [-0.15, -0.1) is 10.2 Å². The van der Waals surface area contributed by atoms with Crippen molar-refractivity contribution in [2.24, 2.45) is 0 Å². The molecular weight excluding hydrogens is 236 g/mol. The third-order valence-electron chi connectivity index (χ3n) is 2.33. The fraction of sp³-hybridized carbons (Fsp3) is 0.750. The van der Waals surface area contributed by atoms with Gasteiger partial charge in [-0.25, -0.2) is 0 Å². The third-order valence-corrected chi connectivity index (χ3v) is 3.94. The second-order valence-corrected chi connectivity index (χ2v) is 6.37. The van der Waals surface area contributed by atoms with Crippen molar-refractivity contribution in [1.29, 1.82) is 0 Å². The molecule has 0 N–H and O–H groups in total. The van der Waals surface area contributed by atoms with Crippen LogP contribution in [0.3, 0.4) is 0 Å². The highest BCUT2D eigenvalue weighted by atomic mass is 32.2. The number of hydrogen-bond acceptors (Lipinski definition) is 6. The van der Waals surface area contributed by atoms with Crippen molar-refractivity contribution in [3.63, 3.8) is 0 Å². The summed E-state index contributed by atoms with van der Waals surface area (Å²) in [6.07, 6.45) is 4.61. The molecule has 1 aliphatic rings. The molecule has 1 aromatic heterocycles. The summed E-state index contributed by atoms with van der Waals surface area (Å²) in [6, 6.07) is 0. The largest absolute Gasteiger partial charge is 0.264 e. The number of aromatic nitrogens is 2. The maximum Gasteiger partial charge on any atom is 0.264 e. The average molecular weight is 248 g/mol. The molecule has 2 rings (SSSR count). The quantitative estimate of drug-likeness (QED) is 0.751. The molecule has 0 aromatic carbocycles. The third kappa shape index (κ3) is 2.96. The molecule has 0 atom stereocenters. The number of rotatable bonds is 4. The van der Waals surface area contributed by atoms with Crippen molar-refractivity contribution in [3.8, 4) is 0 Å². The van der Waals surface area contributed by atoms with Gasteiger partial charge < -0.3 is 0 Å². The van der Waals surface area contributed by atoms with Crippen molar-refractivity contribution < 1.29 is 12.6 Å². The summed E-state index contributed by atoms with van der Waals surface area (Å²) in [4.78, 5) is 0. The highest BCUT2D eigenvalue weighted by Crippen LogP contribution is 2.37. The lowest BCUT2D eigenvalue weighted by Crippen LogP contribution is -2.07. The average Bonchev–Trinajstić information content (AvgIpc) is 2.45. The Balaban J connectivity index is 1.95. The van der Waals surface area contributed by atoms with Crippen molar-refractivity contribution in [1.82, 2.24) is 10.2 Å². The Labute approximate surface area is 92.6 Å². The van der Waals surface area contributed by atoms with Crippen LogP contribution >= 0.6 is 11.3 Å². The van der Waals surface area contributed by atoms with Crippen molar-refractivity contribution >= 4 is 21.5 Å². The highest BCUT2D eigenvalue weighted by molar-refractivity contribution is 7.85. The zero-order valence-electron chi connectivity index (χ0n) is 8.34. The standard InChI is InChI=1S/C8H12N2O3S2/c1-15(11,12)13-5-7-9-10-8(14-7)6-3-2-4-6/h6H,2-5H2,1H3. The highest BCUT2D eigenvalue weighted by Gasteiger charge is 2.23. The molecule has 7 heteroatoms. The summed E-state index contributed by atoms with van der Waals surface area (Å²) in [6.45, 7) is 0.00319. The second-order valence-electron chi connectivity index (χ2n) is 3.63. The van der Waals surface area contributed by atoms with E-state index in [2.05, 4.69) is 14.4 Å². The summed E-state index contributed by atoms with van der Waals surface area (Å²) in [5.41, 5.74) is 0. The molecule has 0 amide bonds. The van der Waals surface area contributed by atoms with Crippen LogP contribution in [-0.4, -0.2) is 24.9 Å². The lowest BCUT2D eigenvalue weighted by atomic mass is 9.86. The van der Waals surface area contributed by atoms with Gasteiger partial charge in [-0.05, 0) is 12.8 Å². The van der Waals surface area contributed by atoms with Crippen molar-refractivity contribution in [2.45, 2.75) is 31.8 Å². The molecule has 1 saturated carbocycles. The first-order valence-corrected chi connectivity index (χ1v) is 7.34. The van der Waals surface area contributed by atoms with Gasteiger partial charge in [0.15, 0.2) is 0 Å². The first-order valence-electron chi connectivity index (χ1n) is 4.71. The molecule has 5 nitrogen and oxygen atoms in total. The minimum Gasteiger partial charge on any atom is -0.263 e. The van der Waals surface area contributed by atoms with Gasteiger partial charge in [-0.2, -0.15) is 8.42 Å². The number of hydrogen-bond donors (Lipinski definition) is 0. The molecule has 0 aliphatic heterocycles. The van der Waals surface area contributed by atoms with Crippen LogP contribution < -0.4 is 0 Å². The zero-order chi connectivity index (χ0) is 10.9. The summed E-state index contributed by atoms with van der Waals surface area (Å²) < 4.78 is 26.1. The molecule has 15 heavy (non-hydrogen) atoms. The summed E-state index contributed by atoms with van der Waals surface area (Å²) >= 11 is 1.45. The van der Waals surface area contributed by atoms with Crippen LogP contribution in [0.1, 0.15) is 35.2 Å². The first-order chi connectivity index (χ1) is 7.04. The van der Waals surface area contributed by atoms with Crippen LogP contribution in [-0.2, 0) is 20.9 Å².